The van der Waals surface area contributed by atoms with Crippen molar-refractivity contribution in [2.75, 3.05) is 33.4 Å². The van der Waals surface area contributed by atoms with Crippen LogP contribution in [0.15, 0.2) is 48.5 Å². The molecule has 7 heteroatoms. The number of aromatic nitrogens is 2. The van der Waals surface area contributed by atoms with E-state index in [9.17, 15) is 4.79 Å². The topological polar surface area (TPSA) is 73.4 Å². The average Bonchev–Trinajstić information content (AvgIpc) is 3.22. The van der Waals surface area contributed by atoms with Crippen molar-refractivity contribution in [3.8, 4) is 0 Å². The predicted octanol–water partition coefficient (Wildman–Crippen LogP) is 4.56. The number of amides is 1. The van der Waals surface area contributed by atoms with Crippen molar-refractivity contribution in [1.82, 2.24) is 14.5 Å². The van der Waals surface area contributed by atoms with E-state index in [1.807, 2.05) is 35.2 Å². The number of carbonyl (C=O) groups is 1. The molecule has 4 rings (SSSR count). The van der Waals surface area contributed by atoms with Crippen molar-refractivity contribution >= 4 is 28.5 Å². The molecule has 2 heterocycles. The summed E-state index contributed by atoms with van der Waals surface area (Å²) in [4.78, 5) is 20.3. The molecule has 3 aromatic rings. The van der Waals surface area contributed by atoms with Crippen LogP contribution in [0.3, 0.4) is 0 Å². The van der Waals surface area contributed by atoms with Gasteiger partial charge in [-0.25, -0.2) is 4.98 Å². The highest BCUT2D eigenvalue weighted by Gasteiger charge is 2.29. The number of halogens is 1. The lowest BCUT2D eigenvalue weighted by Gasteiger charge is -2.33. The number of para-hydroxylation sites is 2. The number of imidazole rings is 1. The van der Waals surface area contributed by atoms with Gasteiger partial charge in [0, 0.05) is 56.6 Å². The molecule has 0 bridgehead atoms. The van der Waals surface area contributed by atoms with E-state index in [-0.39, 0.29) is 17.7 Å². The summed E-state index contributed by atoms with van der Waals surface area (Å²) in [5, 5.41) is 0.688. The van der Waals surface area contributed by atoms with Gasteiger partial charge < -0.3 is 19.9 Å². The number of nitrogens with zero attached hydrogens (tertiary/aromatic N) is 3. The minimum absolute atomic E-state index is 0.00578. The predicted molar refractivity (Wildman–Crippen MR) is 133 cm³/mol. The first kappa shape index (κ1) is 23.7. The van der Waals surface area contributed by atoms with Crippen molar-refractivity contribution < 1.29 is 9.53 Å². The fourth-order valence-corrected chi connectivity index (χ4v) is 4.96. The van der Waals surface area contributed by atoms with Crippen molar-refractivity contribution in [2.24, 2.45) is 5.73 Å². The van der Waals surface area contributed by atoms with Crippen LogP contribution in [0.1, 0.15) is 48.9 Å². The first-order valence-corrected chi connectivity index (χ1v) is 12.2. The number of fused-ring (bicyclic) bond motifs is 1. The van der Waals surface area contributed by atoms with Crippen LogP contribution in [0.25, 0.3) is 11.0 Å². The number of rotatable bonds is 9. The summed E-state index contributed by atoms with van der Waals surface area (Å²) in [5.41, 5.74) is 9.26. The van der Waals surface area contributed by atoms with E-state index in [2.05, 4.69) is 22.8 Å². The van der Waals surface area contributed by atoms with E-state index in [0.29, 0.717) is 31.1 Å². The van der Waals surface area contributed by atoms with Gasteiger partial charge in [0.15, 0.2) is 0 Å². The van der Waals surface area contributed by atoms with Crippen molar-refractivity contribution in [2.45, 2.75) is 44.1 Å². The fourth-order valence-electron chi connectivity index (χ4n) is 4.83. The molecule has 0 aliphatic carbocycles. The van der Waals surface area contributed by atoms with Gasteiger partial charge in [-0.2, -0.15) is 0 Å². The second-order valence-corrected chi connectivity index (χ2v) is 9.26. The first-order chi connectivity index (χ1) is 16.1. The molecule has 0 radical (unpaired) electrons. The third-order valence-electron chi connectivity index (χ3n) is 6.60. The molecule has 1 aliphatic rings. The number of ether oxygens (including phenoxy) is 1. The number of aryl methyl sites for hydroxylation is 1. The van der Waals surface area contributed by atoms with Gasteiger partial charge in [-0.1, -0.05) is 35.9 Å². The van der Waals surface area contributed by atoms with Gasteiger partial charge in [0.25, 0.3) is 0 Å². The molecule has 2 atom stereocenters. The minimum atomic E-state index is -0.00578. The molecule has 1 fully saturated rings. The third-order valence-corrected chi connectivity index (χ3v) is 6.85. The van der Waals surface area contributed by atoms with Crippen LogP contribution in [-0.4, -0.2) is 53.7 Å². The molecule has 0 spiro atoms. The van der Waals surface area contributed by atoms with Gasteiger partial charge in [0.2, 0.25) is 5.91 Å². The lowest BCUT2D eigenvalue weighted by atomic mass is 9.93. The lowest BCUT2D eigenvalue weighted by molar-refractivity contribution is -0.132. The highest BCUT2D eigenvalue weighted by atomic mass is 35.5. The molecule has 6 nitrogen and oxygen atoms in total. The highest BCUT2D eigenvalue weighted by molar-refractivity contribution is 6.30. The van der Waals surface area contributed by atoms with Crippen LogP contribution in [0.2, 0.25) is 5.02 Å². The Morgan fingerprint density at radius 1 is 1.24 bits per heavy atom. The maximum Gasteiger partial charge on any atom is 0.223 e. The van der Waals surface area contributed by atoms with Crippen molar-refractivity contribution in [1.29, 1.82) is 0 Å². The Bertz CT molecular complexity index is 1070. The quantitative estimate of drug-likeness (QED) is 0.467. The van der Waals surface area contributed by atoms with Gasteiger partial charge in [0.05, 0.1) is 11.0 Å². The number of benzene rings is 2. The normalized spacial score (nSPS) is 17.4. The molecule has 1 aliphatic heterocycles. The van der Waals surface area contributed by atoms with Gasteiger partial charge in [-0.15, -0.1) is 0 Å². The van der Waals surface area contributed by atoms with E-state index in [4.69, 9.17) is 27.1 Å². The molecule has 2 aromatic carbocycles. The average molecular weight is 469 g/mol. The van der Waals surface area contributed by atoms with E-state index >= 15 is 0 Å². The summed E-state index contributed by atoms with van der Waals surface area (Å²) in [7, 11) is 1.73. The number of hydrogen-bond acceptors (Lipinski definition) is 4. The lowest BCUT2D eigenvalue weighted by Crippen LogP contribution is -2.40. The van der Waals surface area contributed by atoms with Crippen LogP contribution >= 0.6 is 11.6 Å². The molecule has 33 heavy (non-hydrogen) atoms. The SMILES string of the molecule is COCCCn1c(C2CCCN(C(=O)CC(CN)c3ccc(Cl)cc3)C2)nc2ccccc21. The van der Waals surface area contributed by atoms with E-state index in [1.165, 1.54) is 0 Å². The Morgan fingerprint density at radius 3 is 2.79 bits per heavy atom. The zero-order valence-corrected chi connectivity index (χ0v) is 20.0. The van der Waals surface area contributed by atoms with Gasteiger partial charge >= 0.3 is 0 Å². The molecular formula is C26H33ClN4O2. The summed E-state index contributed by atoms with van der Waals surface area (Å²) in [6.45, 7) is 3.49. The first-order valence-electron chi connectivity index (χ1n) is 11.8. The Kier molecular flexibility index (Phi) is 8.02. The number of likely N-dealkylation sites (tertiary alicyclic amines) is 1. The molecular weight excluding hydrogens is 436 g/mol. The van der Waals surface area contributed by atoms with Gasteiger partial charge in [0.1, 0.15) is 5.82 Å². The van der Waals surface area contributed by atoms with Crippen LogP contribution in [0, 0.1) is 0 Å². The van der Waals surface area contributed by atoms with Crippen LogP contribution in [-0.2, 0) is 16.1 Å². The van der Waals surface area contributed by atoms with Gasteiger partial charge in [-0.3, -0.25) is 4.79 Å². The minimum Gasteiger partial charge on any atom is -0.385 e. The summed E-state index contributed by atoms with van der Waals surface area (Å²) in [6.07, 6.45) is 3.36. The third kappa shape index (κ3) is 5.57. The Labute approximate surface area is 200 Å². The molecule has 2 unspecified atom stereocenters. The number of nitrogens with two attached hydrogens (primary N) is 1. The monoisotopic (exact) mass is 468 g/mol. The molecule has 0 saturated carbocycles. The Balaban J connectivity index is 1.50. The highest BCUT2D eigenvalue weighted by Crippen LogP contribution is 2.31. The summed E-state index contributed by atoms with van der Waals surface area (Å²) in [5.74, 6) is 1.46. The van der Waals surface area contributed by atoms with E-state index < -0.39 is 0 Å². The number of hydrogen-bond donors (Lipinski definition) is 1. The second kappa shape index (κ2) is 11.1. The zero-order valence-electron chi connectivity index (χ0n) is 19.3. The zero-order chi connectivity index (χ0) is 23.2. The van der Waals surface area contributed by atoms with Crippen LogP contribution in [0.5, 0.6) is 0 Å². The summed E-state index contributed by atoms with van der Waals surface area (Å²) >= 11 is 6.02. The van der Waals surface area contributed by atoms with Crippen molar-refractivity contribution in [3.63, 3.8) is 0 Å². The molecule has 1 amide bonds. The molecule has 2 N–H and O–H groups in total. The largest absolute Gasteiger partial charge is 0.385 e. The van der Waals surface area contributed by atoms with Crippen LogP contribution < -0.4 is 5.73 Å². The Hall–Kier alpha value is -2.41. The number of methoxy groups -OCH3 is 1. The standard InChI is InChI=1S/C26H33ClN4O2/c1-33-15-5-14-31-24-8-3-2-7-23(24)29-26(31)20-6-4-13-30(18-20)25(32)16-21(17-28)19-9-11-22(27)12-10-19/h2-3,7-12,20-21H,4-6,13-18,28H2,1H3. The van der Waals surface area contributed by atoms with Crippen molar-refractivity contribution in [3.05, 3.63) is 64.9 Å². The summed E-state index contributed by atoms with van der Waals surface area (Å²) in [6, 6.07) is 15.9. The molecule has 1 saturated heterocycles. The van der Waals surface area contributed by atoms with Crippen LogP contribution in [0.4, 0.5) is 0 Å². The fraction of sp³-hybridized carbons (Fsp3) is 0.462. The smallest absolute Gasteiger partial charge is 0.223 e. The van der Waals surface area contributed by atoms with E-state index in [0.717, 1.165) is 54.8 Å². The second-order valence-electron chi connectivity index (χ2n) is 8.82. The number of piperidine rings is 1. The van der Waals surface area contributed by atoms with E-state index in [1.54, 1.807) is 7.11 Å². The maximum absolute atomic E-state index is 13.3. The number of carbonyl (C=O) groups excluding carboxylic acids is 1. The molecule has 176 valence electrons. The maximum atomic E-state index is 13.3. The molecule has 1 aromatic heterocycles. The Morgan fingerprint density at radius 2 is 2.03 bits per heavy atom. The van der Waals surface area contributed by atoms with Gasteiger partial charge in [-0.05, 0) is 55.6 Å². The summed E-state index contributed by atoms with van der Waals surface area (Å²) < 4.78 is 7.60.